The normalized spacial score (nSPS) is 12.5. The van der Waals surface area contributed by atoms with Crippen LogP contribution < -0.4 is 9.47 Å². The van der Waals surface area contributed by atoms with Gasteiger partial charge in [-0.15, -0.1) is 0 Å². The Morgan fingerprint density at radius 3 is 2.79 bits per heavy atom. The molecule has 24 heavy (non-hydrogen) atoms. The highest BCUT2D eigenvalue weighted by Crippen LogP contribution is 2.32. The van der Waals surface area contributed by atoms with Crippen molar-refractivity contribution in [1.82, 2.24) is 9.88 Å². The number of hydrogen-bond donors (Lipinski definition) is 0. The van der Waals surface area contributed by atoms with Gasteiger partial charge in [-0.1, -0.05) is 26.0 Å². The monoisotopic (exact) mass is 326 g/mol. The van der Waals surface area contributed by atoms with E-state index in [0.29, 0.717) is 24.6 Å². The molecule has 1 aliphatic rings. The third-order valence-corrected chi connectivity index (χ3v) is 3.83. The smallest absolute Gasteiger partial charge is 0.231 e. The Kier molecular flexibility index (Phi) is 4.99. The number of fused-ring (bicyclic) bond motifs is 1. The van der Waals surface area contributed by atoms with Crippen molar-refractivity contribution in [3.05, 3.63) is 53.9 Å². The summed E-state index contributed by atoms with van der Waals surface area (Å²) in [5, 5.41) is 0. The predicted molar refractivity (Wildman–Crippen MR) is 90.8 cm³/mol. The molecule has 0 atom stereocenters. The molecule has 5 nitrogen and oxygen atoms in total. The maximum atomic E-state index is 12.8. The lowest BCUT2D eigenvalue weighted by Crippen LogP contribution is -2.34. The summed E-state index contributed by atoms with van der Waals surface area (Å²) < 4.78 is 10.7. The standard InChI is InChI=1S/C19H22N2O3/c1-14(2)11-21(12-16-4-3-7-20-10-16)19(22)9-15-5-6-17-18(8-15)24-13-23-17/h3-8,10,14H,9,11-13H2,1-2H3. The topological polar surface area (TPSA) is 51.7 Å². The predicted octanol–water partition coefficient (Wildman–Crippen LogP) is 3.04. The number of pyridine rings is 1. The van der Waals surface area contributed by atoms with Gasteiger partial charge in [-0.2, -0.15) is 0 Å². The summed E-state index contributed by atoms with van der Waals surface area (Å²) in [4.78, 5) is 18.8. The Morgan fingerprint density at radius 1 is 1.21 bits per heavy atom. The van der Waals surface area contributed by atoms with Gasteiger partial charge in [0.15, 0.2) is 11.5 Å². The van der Waals surface area contributed by atoms with Gasteiger partial charge >= 0.3 is 0 Å². The molecule has 0 unspecified atom stereocenters. The maximum Gasteiger partial charge on any atom is 0.231 e. The third kappa shape index (κ3) is 4.04. The van der Waals surface area contributed by atoms with Crippen LogP contribution in [0.4, 0.5) is 0 Å². The minimum atomic E-state index is 0.103. The summed E-state index contributed by atoms with van der Waals surface area (Å²) in [6.07, 6.45) is 3.90. The molecular weight excluding hydrogens is 304 g/mol. The lowest BCUT2D eigenvalue weighted by molar-refractivity contribution is -0.131. The van der Waals surface area contributed by atoms with Gasteiger partial charge in [-0.3, -0.25) is 9.78 Å². The lowest BCUT2D eigenvalue weighted by atomic mass is 10.1. The van der Waals surface area contributed by atoms with Crippen LogP contribution in [0.1, 0.15) is 25.0 Å². The Hall–Kier alpha value is -2.56. The van der Waals surface area contributed by atoms with Gasteiger partial charge in [0, 0.05) is 25.5 Å². The van der Waals surface area contributed by atoms with Gasteiger partial charge in [0.05, 0.1) is 6.42 Å². The zero-order chi connectivity index (χ0) is 16.9. The first kappa shape index (κ1) is 16.3. The van der Waals surface area contributed by atoms with Crippen molar-refractivity contribution in [2.24, 2.45) is 5.92 Å². The molecule has 5 heteroatoms. The fraction of sp³-hybridized carbons (Fsp3) is 0.368. The highest BCUT2D eigenvalue weighted by molar-refractivity contribution is 5.79. The minimum absolute atomic E-state index is 0.103. The van der Waals surface area contributed by atoms with Crippen LogP contribution in [-0.2, 0) is 17.8 Å². The highest BCUT2D eigenvalue weighted by atomic mass is 16.7. The number of rotatable bonds is 6. The summed E-state index contributed by atoms with van der Waals surface area (Å²) in [6, 6.07) is 9.55. The molecule has 1 aliphatic heterocycles. The van der Waals surface area contributed by atoms with Gasteiger partial charge in [0.2, 0.25) is 12.7 Å². The van der Waals surface area contributed by atoms with E-state index in [1.807, 2.05) is 35.2 Å². The van der Waals surface area contributed by atoms with E-state index in [9.17, 15) is 4.79 Å². The number of aromatic nitrogens is 1. The van der Waals surface area contributed by atoms with Crippen LogP contribution in [0.15, 0.2) is 42.7 Å². The quantitative estimate of drug-likeness (QED) is 0.819. The summed E-state index contributed by atoms with van der Waals surface area (Å²) in [6.45, 7) is 5.77. The van der Waals surface area contributed by atoms with E-state index < -0.39 is 0 Å². The van der Waals surface area contributed by atoms with Gasteiger partial charge in [0.25, 0.3) is 0 Å². The Morgan fingerprint density at radius 2 is 2.04 bits per heavy atom. The maximum absolute atomic E-state index is 12.8. The zero-order valence-corrected chi connectivity index (χ0v) is 14.1. The molecule has 2 heterocycles. The Balaban J connectivity index is 1.71. The number of hydrogen-bond acceptors (Lipinski definition) is 4. The van der Waals surface area contributed by atoms with Crippen LogP contribution in [0.3, 0.4) is 0 Å². The molecule has 2 aromatic rings. The van der Waals surface area contributed by atoms with E-state index in [1.165, 1.54) is 0 Å². The molecular formula is C19H22N2O3. The summed E-state index contributed by atoms with van der Waals surface area (Å²) >= 11 is 0. The largest absolute Gasteiger partial charge is 0.454 e. The first-order chi connectivity index (χ1) is 11.6. The molecule has 1 aromatic heterocycles. The van der Waals surface area contributed by atoms with E-state index >= 15 is 0 Å². The number of carbonyl (C=O) groups excluding carboxylic acids is 1. The number of benzene rings is 1. The van der Waals surface area contributed by atoms with Gasteiger partial charge < -0.3 is 14.4 Å². The SMILES string of the molecule is CC(C)CN(Cc1cccnc1)C(=O)Cc1ccc2c(c1)OCO2. The van der Waals surface area contributed by atoms with Crippen LogP contribution in [0.25, 0.3) is 0 Å². The highest BCUT2D eigenvalue weighted by Gasteiger charge is 2.18. The molecule has 0 fully saturated rings. The third-order valence-electron chi connectivity index (χ3n) is 3.83. The molecule has 0 radical (unpaired) electrons. The average Bonchev–Trinajstić information content (AvgIpc) is 3.02. The van der Waals surface area contributed by atoms with Gasteiger partial charge in [-0.25, -0.2) is 0 Å². The summed E-state index contributed by atoms with van der Waals surface area (Å²) in [7, 11) is 0. The minimum Gasteiger partial charge on any atom is -0.454 e. The molecule has 0 aliphatic carbocycles. The fourth-order valence-corrected chi connectivity index (χ4v) is 2.74. The fourth-order valence-electron chi connectivity index (χ4n) is 2.74. The van der Waals surface area contributed by atoms with Crippen LogP contribution in [0.2, 0.25) is 0 Å². The van der Waals surface area contributed by atoms with Crippen LogP contribution >= 0.6 is 0 Å². The lowest BCUT2D eigenvalue weighted by Gasteiger charge is -2.25. The van der Waals surface area contributed by atoms with Crippen molar-refractivity contribution in [1.29, 1.82) is 0 Å². The second-order valence-corrected chi connectivity index (χ2v) is 6.39. The molecule has 0 N–H and O–H groups in total. The Bertz CT molecular complexity index is 701. The van der Waals surface area contributed by atoms with E-state index in [1.54, 1.807) is 12.4 Å². The summed E-state index contributed by atoms with van der Waals surface area (Å²) in [5.74, 6) is 1.96. The van der Waals surface area contributed by atoms with Crippen molar-refractivity contribution in [3.8, 4) is 11.5 Å². The molecule has 3 rings (SSSR count). The molecule has 0 saturated carbocycles. The molecule has 1 aromatic carbocycles. The van der Waals surface area contributed by atoms with Crippen molar-refractivity contribution in [2.45, 2.75) is 26.8 Å². The zero-order valence-electron chi connectivity index (χ0n) is 14.1. The van der Waals surface area contributed by atoms with Crippen LogP contribution in [0, 0.1) is 5.92 Å². The van der Waals surface area contributed by atoms with E-state index in [4.69, 9.17) is 9.47 Å². The van der Waals surface area contributed by atoms with Gasteiger partial charge in [0.1, 0.15) is 0 Å². The summed E-state index contributed by atoms with van der Waals surface area (Å²) in [5.41, 5.74) is 1.97. The second kappa shape index (κ2) is 7.34. The number of carbonyl (C=O) groups is 1. The van der Waals surface area contributed by atoms with Crippen LogP contribution in [0.5, 0.6) is 11.5 Å². The molecule has 0 spiro atoms. The average molecular weight is 326 g/mol. The molecule has 1 amide bonds. The first-order valence-electron chi connectivity index (χ1n) is 8.17. The van der Waals surface area contributed by atoms with Crippen LogP contribution in [-0.4, -0.2) is 29.1 Å². The number of nitrogens with zero attached hydrogens (tertiary/aromatic N) is 2. The van der Waals surface area contributed by atoms with Gasteiger partial charge in [-0.05, 0) is 35.2 Å². The first-order valence-corrected chi connectivity index (χ1v) is 8.17. The molecule has 0 saturated heterocycles. The van der Waals surface area contributed by atoms with Crippen molar-refractivity contribution in [3.63, 3.8) is 0 Å². The van der Waals surface area contributed by atoms with Crippen molar-refractivity contribution >= 4 is 5.91 Å². The molecule has 126 valence electrons. The van der Waals surface area contributed by atoms with Crippen molar-refractivity contribution in [2.75, 3.05) is 13.3 Å². The second-order valence-electron chi connectivity index (χ2n) is 6.39. The Labute approximate surface area is 142 Å². The van der Waals surface area contributed by atoms with E-state index in [2.05, 4.69) is 18.8 Å². The number of amides is 1. The molecule has 0 bridgehead atoms. The number of ether oxygens (including phenoxy) is 2. The van der Waals surface area contributed by atoms with E-state index in [0.717, 1.165) is 23.4 Å². The van der Waals surface area contributed by atoms with E-state index in [-0.39, 0.29) is 12.7 Å². The van der Waals surface area contributed by atoms with Crippen molar-refractivity contribution < 1.29 is 14.3 Å².